The predicted octanol–water partition coefficient (Wildman–Crippen LogP) is 4.75. The Bertz CT molecular complexity index is 937. The minimum Gasteiger partial charge on any atom is -0.494 e. The van der Waals surface area contributed by atoms with Crippen LogP contribution in [0.5, 0.6) is 5.75 Å². The molecule has 2 atom stereocenters. The molecule has 0 bridgehead atoms. The maximum Gasteiger partial charge on any atom is 0.137 e. The first-order valence-electron chi connectivity index (χ1n) is 10.3. The topological polar surface area (TPSA) is 55.8 Å². The van der Waals surface area contributed by atoms with Crippen molar-refractivity contribution in [3.8, 4) is 17.0 Å². The van der Waals surface area contributed by atoms with Crippen LogP contribution in [0.25, 0.3) is 16.9 Å². The number of likely N-dealkylation sites (tertiary alicyclic amines) is 1. The highest BCUT2D eigenvalue weighted by Crippen LogP contribution is 2.31. The first-order chi connectivity index (χ1) is 13.6. The largest absolute Gasteiger partial charge is 0.494 e. The molecular formula is C23H30N4O. The number of ether oxygens (including phenoxy) is 1. The number of anilines is 1. The third-order valence-electron chi connectivity index (χ3n) is 5.89. The molecule has 0 radical (unpaired) electrons. The lowest BCUT2D eigenvalue weighted by Gasteiger charge is -2.39. The number of hydrogen-bond donors (Lipinski definition) is 1. The van der Waals surface area contributed by atoms with Gasteiger partial charge in [0.2, 0.25) is 0 Å². The van der Waals surface area contributed by atoms with E-state index in [0.717, 1.165) is 34.9 Å². The van der Waals surface area contributed by atoms with Gasteiger partial charge < -0.3 is 14.9 Å². The molecular weight excluding hydrogens is 348 g/mol. The average molecular weight is 379 g/mol. The van der Waals surface area contributed by atoms with Gasteiger partial charge in [0, 0.05) is 36.1 Å². The number of fused-ring (bicyclic) bond motifs is 1. The second-order valence-corrected chi connectivity index (χ2v) is 7.86. The van der Waals surface area contributed by atoms with E-state index in [2.05, 4.69) is 35.3 Å². The van der Waals surface area contributed by atoms with E-state index in [9.17, 15) is 0 Å². The van der Waals surface area contributed by atoms with Gasteiger partial charge in [-0.25, -0.2) is 4.98 Å². The smallest absolute Gasteiger partial charge is 0.137 e. The van der Waals surface area contributed by atoms with E-state index in [-0.39, 0.29) is 0 Å². The highest BCUT2D eigenvalue weighted by atomic mass is 16.5. The Hall–Kier alpha value is -2.53. The molecule has 0 aliphatic carbocycles. The van der Waals surface area contributed by atoms with Gasteiger partial charge >= 0.3 is 0 Å². The molecule has 4 rings (SSSR count). The molecule has 2 N–H and O–H groups in total. The number of nitrogen functional groups attached to an aromatic ring is 1. The highest BCUT2D eigenvalue weighted by Gasteiger charge is 2.27. The highest BCUT2D eigenvalue weighted by molar-refractivity contribution is 5.68. The fourth-order valence-corrected chi connectivity index (χ4v) is 4.33. The molecule has 148 valence electrons. The van der Waals surface area contributed by atoms with Crippen LogP contribution in [-0.4, -0.2) is 33.0 Å². The summed E-state index contributed by atoms with van der Waals surface area (Å²) in [5.41, 5.74) is 11.1. The number of aromatic nitrogens is 2. The fourth-order valence-electron chi connectivity index (χ4n) is 4.33. The van der Waals surface area contributed by atoms with Gasteiger partial charge in [0.1, 0.15) is 11.4 Å². The SMILES string of the molecule is CCOc1ccc(-c2nc3ccc(N)cn3c2CN2C(C)CCCC2C)cc1. The Morgan fingerprint density at radius 1 is 1.07 bits per heavy atom. The van der Waals surface area contributed by atoms with Gasteiger partial charge in [-0.05, 0) is 70.0 Å². The second kappa shape index (κ2) is 7.84. The molecule has 1 fully saturated rings. The van der Waals surface area contributed by atoms with Crippen molar-refractivity contribution in [2.45, 2.75) is 58.7 Å². The van der Waals surface area contributed by atoms with Crippen LogP contribution in [-0.2, 0) is 6.54 Å². The van der Waals surface area contributed by atoms with Crippen molar-refractivity contribution in [2.75, 3.05) is 12.3 Å². The number of hydrogen-bond acceptors (Lipinski definition) is 4. The summed E-state index contributed by atoms with van der Waals surface area (Å²) in [6.45, 7) is 8.21. The predicted molar refractivity (Wildman–Crippen MR) is 115 cm³/mol. The summed E-state index contributed by atoms with van der Waals surface area (Å²) in [5.74, 6) is 0.888. The van der Waals surface area contributed by atoms with Gasteiger partial charge in [0.05, 0.1) is 18.0 Å². The molecule has 5 heteroatoms. The lowest BCUT2D eigenvalue weighted by Crippen LogP contribution is -2.43. The summed E-state index contributed by atoms with van der Waals surface area (Å²) in [6.07, 6.45) is 5.81. The van der Waals surface area contributed by atoms with Crippen LogP contribution in [0, 0.1) is 0 Å². The van der Waals surface area contributed by atoms with Crippen molar-refractivity contribution in [2.24, 2.45) is 0 Å². The van der Waals surface area contributed by atoms with Crippen LogP contribution in [0.1, 0.15) is 45.7 Å². The molecule has 3 heterocycles. The van der Waals surface area contributed by atoms with Crippen LogP contribution in [0.4, 0.5) is 5.69 Å². The van der Waals surface area contributed by atoms with E-state index in [0.29, 0.717) is 18.7 Å². The quantitative estimate of drug-likeness (QED) is 0.696. The van der Waals surface area contributed by atoms with Crippen LogP contribution in [0.2, 0.25) is 0 Å². The van der Waals surface area contributed by atoms with Gasteiger partial charge in [-0.1, -0.05) is 6.42 Å². The number of nitrogens with zero attached hydrogens (tertiary/aromatic N) is 3. The minimum atomic E-state index is 0.573. The molecule has 1 aliphatic rings. The molecule has 1 saturated heterocycles. The Balaban J connectivity index is 1.78. The molecule has 2 unspecified atom stereocenters. The normalized spacial score (nSPS) is 20.5. The van der Waals surface area contributed by atoms with E-state index >= 15 is 0 Å². The summed E-state index contributed by atoms with van der Waals surface area (Å²) in [7, 11) is 0. The molecule has 28 heavy (non-hydrogen) atoms. The number of rotatable bonds is 5. The van der Waals surface area contributed by atoms with Crippen molar-refractivity contribution >= 4 is 11.3 Å². The molecule has 1 aliphatic heterocycles. The Morgan fingerprint density at radius 3 is 2.46 bits per heavy atom. The number of benzene rings is 1. The van der Waals surface area contributed by atoms with Gasteiger partial charge in [-0.3, -0.25) is 4.90 Å². The lowest BCUT2D eigenvalue weighted by molar-refractivity contribution is 0.0937. The van der Waals surface area contributed by atoms with Gasteiger partial charge in [0.15, 0.2) is 0 Å². The standard InChI is InChI=1S/C23H30N4O/c1-4-28-20-11-8-18(9-12-20)23-21(15-26-16(2)6-5-7-17(26)3)27-14-19(24)10-13-22(27)25-23/h8-14,16-17H,4-7,15,24H2,1-3H3. The van der Waals surface area contributed by atoms with Crippen LogP contribution in [0.3, 0.4) is 0 Å². The molecule has 0 amide bonds. The van der Waals surface area contributed by atoms with E-state index in [1.165, 1.54) is 25.0 Å². The van der Waals surface area contributed by atoms with Gasteiger partial charge in [0.25, 0.3) is 0 Å². The van der Waals surface area contributed by atoms with Crippen LogP contribution >= 0.6 is 0 Å². The zero-order valence-electron chi connectivity index (χ0n) is 17.1. The average Bonchev–Trinajstić information content (AvgIpc) is 3.03. The van der Waals surface area contributed by atoms with Gasteiger partial charge in [-0.15, -0.1) is 0 Å². The summed E-state index contributed by atoms with van der Waals surface area (Å²) < 4.78 is 7.76. The van der Waals surface area contributed by atoms with E-state index in [1.54, 1.807) is 0 Å². The number of pyridine rings is 1. The lowest BCUT2D eigenvalue weighted by atomic mass is 9.97. The second-order valence-electron chi connectivity index (χ2n) is 7.86. The summed E-state index contributed by atoms with van der Waals surface area (Å²) in [5, 5.41) is 0. The molecule has 2 aromatic heterocycles. The zero-order chi connectivity index (χ0) is 19.7. The van der Waals surface area contributed by atoms with E-state index in [4.69, 9.17) is 15.5 Å². The summed E-state index contributed by atoms with van der Waals surface area (Å²) in [4.78, 5) is 7.56. The first-order valence-corrected chi connectivity index (χ1v) is 10.3. The van der Waals surface area contributed by atoms with Crippen molar-refractivity contribution < 1.29 is 4.74 Å². The first kappa shape index (κ1) is 18.8. The molecule has 5 nitrogen and oxygen atoms in total. The molecule has 3 aromatic rings. The molecule has 0 saturated carbocycles. The number of piperidine rings is 1. The number of nitrogens with two attached hydrogens (primary N) is 1. The summed E-state index contributed by atoms with van der Waals surface area (Å²) >= 11 is 0. The summed E-state index contributed by atoms with van der Waals surface area (Å²) in [6, 6.07) is 13.3. The maximum atomic E-state index is 6.10. The van der Waals surface area contributed by atoms with Crippen molar-refractivity contribution in [1.82, 2.24) is 14.3 Å². The monoisotopic (exact) mass is 378 g/mol. The molecule has 0 spiro atoms. The van der Waals surface area contributed by atoms with Crippen LogP contribution < -0.4 is 10.5 Å². The molecule has 1 aromatic carbocycles. The Morgan fingerprint density at radius 2 is 1.79 bits per heavy atom. The van der Waals surface area contributed by atoms with E-state index < -0.39 is 0 Å². The van der Waals surface area contributed by atoms with Crippen molar-refractivity contribution in [3.63, 3.8) is 0 Å². The van der Waals surface area contributed by atoms with Gasteiger partial charge in [-0.2, -0.15) is 0 Å². The van der Waals surface area contributed by atoms with E-state index in [1.807, 2.05) is 37.4 Å². The fraction of sp³-hybridized carbons (Fsp3) is 0.435. The third-order valence-corrected chi connectivity index (χ3v) is 5.89. The van der Waals surface area contributed by atoms with Crippen LogP contribution in [0.15, 0.2) is 42.6 Å². The Kier molecular flexibility index (Phi) is 5.27. The number of imidazole rings is 1. The zero-order valence-corrected chi connectivity index (χ0v) is 17.1. The van der Waals surface area contributed by atoms with Crippen molar-refractivity contribution in [3.05, 3.63) is 48.3 Å². The minimum absolute atomic E-state index is 0.573. The Labute approximate surface area is 167 Å². The van der Waals surface area contributed by atoms with Crippen molar-refractivity contribution in [1.29, 1.82) is 0 Å². The maximum absolute atomic E-state index is 6.10. The third kappa shape index (κ3) is 3.59.